The highest BCUT2D eigenvalue weighted by atomic mass is 35.5. The van der Waals surface area contributed by atoms with E-state index < -0.39 is 35.3 Å². The molecular formula is C34H42ClN5O8. The minimum absolute atomic E-state index is 0.0919. The number of benzene rings is 1. The summed E-state index contributed by atoms with van der Waals surface area (Å²) < 4.78 is 28.8. The monoisotopic (exact) mass is 683 g/mol. The predicted octanol–water partition coefficient (Wildman–Crippen LogP) is 6.43. The van der Waals surface area contributed by atoms with Crippen molar-refractivity contribution in [3.63, 3.8) is 0 Å². The summed E-state index contributed by atoms with van der Waals surface area (Å²) in [5, 5.41) is 3.72. The van der Waals surface area contributed by atoms with Crippen molar-refractivity contribution in [1.82, 2.24) is 19.8 Å². The Bertz CT molecular complexity index is 1680. The molecule has 5 rings (SSSR count). The van der Waals surface area contributed by atoms with Crippen LogP contribution in [0.25, 0.3) is 11.3 Å². The largest absolute Gasteiger partial charge is 0.493 e. The lowest BCUT2D eigenvalue weighted by molar-refractivity contribution is -0.0418. The number of fused-ring (bicyclic) bond motifs is 1. The quantitative estimate of drug-likeness (QED) is 0.286. The first-order chi connectivity index (χ1) is 22.7. The molecule has 1 aromatic carbocycles. The lowest BCUT2D eigenvalue weighted by atomic mass is 10.0. The molecule has 3 amide bonds. The minimum Gasteiger partial charge on any atom is -0.493 e. The van der Waals surface area contributed by atoms with Gasteiger partial charge >= 0.3 is 12.2 Å². The molecule has 0 radical (unpaired) electrons. The first kappa shape index (κ1) is 34.8. The molecule has 1 saturated heterocycles. The first-order valence-corrected chi connectivity index (χ1v) is 16.1. The zero-order chi connectivity index (χ0) is 34.8. The summed E-state index contributed by atoms with van der Waals surface area (Å²) >= 11 is 6.45. The third-order valence-electron chi connectivity index (χ3n) is 7.51. The summed E-state index contributed by atoms with van der Waals surface area (Å²) in [6, 6.07) is 6.55. The summed E-state index contributed by atoms with van der Waals surface area (Å²) in [7, 11) is 1.50. The number of ether oxygens (including phenoxy) is 5. The third kappa shape index (κ3) is 7.79. The second-order valence-corrected chi connectivity index (χ2v) is 13.9. The lowest BCUT2D eigenvalue weighted by Crippen LogP contribution is -2.52. The van der Waals surface area contributed by atoms with Crippen LogP contribution in [0.1, 0.15) is 57.6 Å². The van der Waals surface area contributed by atoms with Gasteiger partial charge in [-0.05, 0) is 59.7 Å². The second kappa shape index (κ2) is 13.9. The maximum atomic E-state index is 14.0. The molecule has 3 aromatic rings. The van der Waals surface area contributed by atoms with Gasteiger partial charge in [-0.1, -0.05) is 17.7 Å². The highest BCUT2D eigenvalue weighted by molar-refractivity contribution is 6.32. The van der Waals surface area contributed by atoms with Crippen LogP contribution in [0.3, 0.4) is 0 Å². The van der Waals surface area contributed by atoms with Crippen molar-refractivity contribution < 1.29 is 38.1 Å². The summed E-state index contributed by atoms with van der Waals surface area (Å²) in [5.74, 6) is 0.238. The molecule has 0 bridgehead atoms. The van der Waals surface area contributed by atoms with Gasteiger partial charge in [0.2, 0.25) is 0 Å². The summed E-state index contributed by atoms with van der Waals surface area (Å²) in [6.07, 6.45) is 2.35. The number of halogens is 1. The Morgan fingerprint density at radius 2 is 1.81 bits per heavy atom. The Kier molecular flexibility index (Phi) is 10.1. The van der Waals surface area contributed by atoms with Gasteiger partial charge in [0.1, 0.15) is 23.6 Å². The van der Waals surface area contributed by atoms with Crippen LogP contribution in [0.5, 0.6) is 11.5 Å². The number of H-pyrrole nitrogens is 1. The first-order valence-electron chi connectivity index (χ1n) is 15.7. The molecular weight excluding hydrogens is 642 g/mol. The molecule has 1 fully saturated rings. The van der Waals surface area contributed by atoms with Crippen LogP contribution in [0.4, 0.5) is 21.0 Å². The smallest absolute Gasteiger partial charge is 0.417 e. The molecule has 0 unspecified atom stereocenters. The van der Waals surface area contributed by atoms with E-state index >= 15 is 0 Å². The van der Waals surface area contributed by atoms with E-state index in [4.69, 9.17) is 35.3 Å². The van der Waals surface area contributed by atoms with Crippen LogP contribution in [-0.4, -0.2) is 95.1 Å². The number of imide groups is 1. The molecule has 4 heterocycles. The van der Waals surface area contributed by atoms with Crippen molar-refractivity contribution in [3.05, 3.63) is 52.9 Å². The van der Waals surface area contributed by atoms with Gasteiger partial charge in [0.15, 0.2) is 5.75 Å². The van der Waals surface area contributed by atoms with E-state index in [9.17, 15) is 14.4 Å². The fraction of sp³-hybridized carbons (Fsp3) is 0.471. The summed E-state index contributed by atoms with van der Waals surface area (Å²) in [6.45, 7) is 11.9. The number of nitrogens with zero attached hydrogens (tertiary/aromatic N) is 3. The second-order valence-electron chi connectivity index (χ2n) is 13.4. The number of pyridine rings is 1. The van der Waals surface area contributed by atoms with E-state index in [1.54, 1.807) is 62.3 Å². The van der Waals surface area contributed by atoms with E-state index in [2.05, 4.69) is 15.3 Å². The van der Waals surface area contributed by atoms with E-state index in [1.807, 2.05) is 20.8 Å². The number of amides is 3. The number of anilines is 2. The molecule has 2 N–H and O–H groups in total. The number of carbonyl (C=O) groups is 3. The van der Waals surface area contributed by atoms with Crippen molar-refractivity contribution in [2.24, 2.45) is 0 Å². The molecule has 0 aliphatic carbocycles. The molecule has 13 nitrogen and oxygen atoms in total. The van der Waals surface area contributed by atoms with Crippen molar-refractivity contribution in [1.29, 1.82) is 0 Å². The van der Waals surface area contributed by atoms with Crippen molar-refractivity contribution >= 4 is 41.1 Å². The molecule has 0 saturated carbocycles. The number of hydrogen-bond acceptors (Lipinski definition) is 10. The van der Waals surface area contributed by atoms with Crippen LogP contribution in [0.2, 0.25) is 5.02 Å². The van der Waals surface area contributed by atoms with Gasteiger partial charge in [0.05, 0.1) is 60.2 Å². The van der Waals surface area contributed by atoms with Crippen LogP contribution in [0.15, 0.2) is 36.7 Å². The van der Waals surface area contributed by atoms with Crippen molar-refractivity contribution in [3.8, 4) is 22.8 Å². The highest BCUT2D eigenvalue weighted by Crippen LogP contribution is 2.44. The number of morpholine rings is 1. The highest BCUT2D eigenvalue weighted by Gasteiger charge is 2.38. The van der Waals surface area contributed by atoms with Gasteiger partial charge in [-0.25, -0.2) is 14.5 Å². The molecule has 48 heavy (non-hydrogen) atoms. The normalized spacial score (nSPS) is 16.7. The number of para-hydroxylation sites is 1. The van der Waals surface area contributed by atoms with Crippen molar-refractivity contribution in [2.45, 2.75) is 65.2 Å². The van der Waals surface area contributed by atoms with E-state index in [0.29, 0.717) is 64.4 Å². The Morgan fingerprint density at radius 3 is 2.52 bits per heavy atom. The van der Waals surface area contributed by atoms with E-state index in [1.165, 1.54) is 7.11 Å². The number of rotatable bonds is 7. The number of hydrogen-bond donors (Lipinski definition) is 2. The average Bonchev–Trinajstić information content (AvgIpc) is 3.37. The van der Waals surface area contributed by atoms with Gasteiger partial charge in [-0.15, -0.1) is 0 Å². The van der Waals surface area contributed by atoms with Gasteiger partial charge in [-0.3, -0.25) is 14.7 Å². The number of methoxy groups -OCH3 is 1. The van der Waals surface area contributed by atoms with Crippen LogP contribution >= 0.6 is 11.6 Å². The number of carbonyl (C=O) groups excluding carboxylic acids is 3. The number of aromatic nitrogens is 2. The standard InChI is InChI=1S/C34H42ClN5O8/c1-33(2,3)47-31(42)39-15-16-45-18-20(39)19-46-25-17-36-13-11-21(25)27-28(38-24-10-8-9-22(35)29(24)44-7)26-23(37-27)12-14-40(30(26)41)32(43)48-34(4,5)6/h8-11,13,17,20,37-38H,12,14-16,18-19H2,1-7H3/t20-/m0/s1. The third-order valence-corrected chi connectivity index (χ3v) is 7.81. The van der Waals surface area contributed by atoms with Crippen LogP contribution in [0, 0.1) is 0 Å². The predicted molar refractivity (Wildman–Crippen MR) is 179 cm³/mol. The van der Waals surface area contributed by atoms with Gasteiger partial charge in [0, 0.05) is 37.0 Å². The molecule has 2 aliphatic rings. The Hall–Kier alpha value is -4.49. The Morgan fingerprint density at radius 1 is 1.08 bits per heavy atom. The molecule has 2 aliphatic heterocycles. The summed E-state index contributed by atoms with van der Waals surface area (Å²) in [5.41, 5.74) is 1.43. The summed E-state index contributed by atoms with van der Waals surface area (Å²) in [4.78, 5) is 50.5. The number of nitrogens with one attached hydrogen (secondary N) is 2. The van der Waals surface area contributed by atoms with Crippen LogP contribution in [-0.2, 0) is 20.6 Å². The molecule has 2 aromatic heterocycles. The fourth-order valence-electron chi connectivity index (χ4n) is 5.44. The van der Waals surface area contributed by atoms with E-state index in [-0.39, 0.29) is 25.3 Å². The van der Waals surface area contributed by atoms with Gasteiger partial charge < -0.3 is 34.0 Å². The van der Waals surface area contributed by atoms with Crippen LogP contribution < -0.4 is 14.8 Å². The average molecular weight is 684 g/mol. The molecule has 258 valence electrons. The SMILES string of the molecule is COc1c(Cl)cccc1Nc1c(-c2ccncc2OC[C@@H]2COCCN2C(=O)OC(C)(C)C)[nH]c2c1C(=O)N(C(=O)OC(C)(C)C)CC2. The van der Waals surface area contributed by atoms with E-state index in [0.717, 1.165) is 4.90 Å². The van der Waals surface area contributed by atoms with Gasteiger partial charge in [0.25, 0.3) is 5.91 Å². The maximum absolute atomic E-state index is 14.0. The topological polar surface area (TPSA) is 145 Å². The molecule has 14 heteroatoms. The Balaban J connectivity index is 1.53. The van der Waals surface area contributed by atoms with Gasteiger partial charge in [-0.2, -0.15) is 0 Å². The fourth-order valence-corrected chi connectivity index (χ4v) is 5.70. The number of aromatic amines is 1. The zero-order valence-electron chi connectivity index (χ0n) is 28.3. The molecule has 0 spiro atoms. The Labute approximate surface area is 284 Å². The maximum Gasteiger partial charge on any atom is 0.417 e. The molecule has 1 atom stereocenters. The lowest BCUT2D eigenvalue weighted by Gasteiger charge is -2.36. The van der Waals surface area contributed by atoms with Crippen molar-refractivity contribution in [2.75, 3.05) is 45.3 Å². The minimum atomic E-state index is -0.790. The zero-order valence-corrected chi connectivity index (χ0v) is 29.0.